The molecule has 0 aliphatic carbocycles. The van der Waals surface area contributed by atoms with Crippen molar-refractivity contribution in [3.8, 4) is 24.3 Å². The third-order valence-electron chi connectivity index (χ3n) is 4.00. The van der Waals surface area contributed by atoms with E-state index >= 15 is 0 Å². The standard InChI is InChI=1S/C21H15N5O2/c1-3-15-9-11-16(12-10-15)23-24-19-14(2)18(13-22)20(27)26(21(19)28)25-17-7-5-4-6-8-17/h1,4-12,25,27H,2H3. The third kappa shape index (κ3) is 3.59. The molecule has 0 fully saturated rings. The van der Waals surface area contributed by atoms with E-state index in [1.807, 2.05) is 12.1 Å². The van der Waals surface area contributed by atoms with Gasteiger partial charge in [-0.2, -0.15) is 15.1 Å². The quantitative estimate of drug-likeness (QED) is 0.536. The van der Waals surface area contributed by atoms with Crippen LogP contribution in [0.25, 0.3) is 0 Å². The van der Waals surface area contributed by atoms with Crippen LogP contribution in [-0.2, 0) is 0 Å². The van der Waals surface area contributed by atoms with Gasteiger partial charge in [0.05, 0.1) is 11.4 Å². The van der Waals surface area contributed by atoms with E-state index in [1.54, 1.807) is 48.5 Å². The zero-order valence-electron chi connectivity index (χ0n) is 14.9. The van der Waals surface area contributed by atoms with Crippen LogP contribution < -0.4 is 11.0 Å². The van der Waals surface area contributed by atoms with Gasteiger partial charge >= 0.3 is 0 Å². The smallest absolute Gasteiger partial charge is 0.300 e. The van der Waals surface area contributed by atoms with Crippen molar-refractivity contribution in [2.75, 3.05) is 5.43 Å². The van der Waals surface area contributed by atoms with E-state index in [-0.39, 0.29) is 16.8 Å². The highest BCUT2D eigenvalue weighted by atomic mass is 16.3. The molecule has 0 aliphatic rings. The van der Waals surface area contributed by atoms with Gasteiger partial charge < -0.3 is 5.11 Å². The molecule has 0 saturated heterocycles. The number of benzene rings is 2. The summed E-state index contributed by atoms with van der Waals surface area (Å²) in [6.45, 7) is 1.53. The molecule has 0 radical (unpaired) electrons. The van der Waals surface area contributed by atoms with Crippen LogP contribution in [0.4, 0.5) is 17.1 Å². The molecule has 7 nitrogen and oxygen atoms in total. The average Bonchev–Trinajstić information content (AvgIpc) is 2.72. The number of para-hydroxylation sites is 1. The van der Waals surface area contributed by atoms with Crippen LogP contribution in [-0.4, -0.2) is 9.78 Å². The van der Waals surface area contributed by atoms with E-state index < -0.39 is 11.4 Å². The lowest BCUT2D eigenvalue weighted by molar-refractivity contribution is 0.425. The van der Waals surface area contributed by atoms with Crippen molar-refractivity contribution >= 4 is 17.1 Å². The van der Waals surface area contributed by atoms with Gasteiger partial charge in [-0.15, -0.1) is 11.5 Å². The minimum Gasteiger partial charge on any atom is -0.492 e. The molecule has 0 spiro atoms. The van der Waals surface area contributed by atoms with Crippen LogP contribution in [0.1, 0.15) is 16.7 Å². The zero-order valence-corrected chi connectivity index (χ0v) is 14.9. The van der Waals surface area contributed by atoms with E-state index in [0.29, 0.717) is 16.9 Å². The fourth-order valence-electron chi connectivity index (χ4n) is 2.49. The third-order valence-corrected chi connectivity index (χ3v) is 4.00. The van der Waals surface area contributed by atoms with Crippen LogP contribution >= 0.6 is 0 Å². The first-order chi connectivity index (χ1) is 13.5. The van der Waals surface area contributed by atoms with Crippen molar-refractivity contribution < 1.29 is 5.11 Å². The van der Waals surface area contributed by atoms with Crippen molar-refractivity contribution in [2.24, 2.45) is 10.2 Å². The molecule has 2 aromatic carbocycles. The summed E-state index contributed by atoms with van der Waals surface area (Å²) >= 11 is 0. The topological polar surface area (TPSA) is 103 Å². The maximum Gasteiger partial charge on any atom is 0.300 e. The first-order valence-electron chi connectivity index (χ1n) is 8.24. The monoisotopic (exact) mass is 369 g/mol. The van der Waals surface area contributed by atoms with Crippen LogP contribution in [0.15, 0.2) is 69.6 Å². The maximum absolute atomic E-state index is 12.9. The number of aromatic hydroxyl groups is 1. The van der Waals surface area contributed by atoms with Gasteiger partial charge in [0.1, 0.15) is 11.6 Å². The molecule has 2 N–H and O–H groups in total. The zero-order chi connectivity index (χ0) is 20.1. The summed E-state index contributed by atoms with van der Waals surface area (Å²) < 4.78 is 0.872. The predicted molar refractivity (Wildman–Crippen MR) is 106 cm³/mol. The Morgan fingerprint density at radius 3 is 2.39 bits per heavy atom. The van der Waals surface area contributed by atoms with Crippen molar-refractivity contribution in [3.63, 3.8) is 0 Å². The van der Waals surface area contributed by atoms with Crippen molar-refractivity contribution in [1.29, 1.82) is 5.26 Å². The normalized spacial score (nSPS) is 10.4. The summed E-state index contributed by atoms with van der Waals surface area (Å²) in [6.07, 6.45) is 5.32. The highest BCUT2D eigenvalue weighted by Gasteiger charge is 2.19. The minimum atomic E-state index is -0.637. The Labute approximate surface area is 161 Å². The van der Waals surface area contributed by atoms with Gasteiger partial charge in [-0.3, -0.25) is 10.2 Å². The molecule has 0 saturated carbocycles. The summed E-state index contributed by atoms with van der Waals surface area (Å²) in [5.41, 5.74) is 3.99. The molecule has 1 aromatic heterocycles. The number of hydrogen-bond donors (Lipinski definition) is 2. The van der Waals surface area contributed by atoms with Gasteiger partial charge in [-0.05, 0) is 43.3 Å². The Morgan fingerprint density at radius 2 is 1.79 bits per heavy atom. The fourth-order valence-corrected chi connectivity index (χ4v) is 2.49. The molecule has 0 aliphatic heterocycles. The lowest BCUT2D eigenvalue weighted by Crippen LogP contribution is -2.27. The lowest BCUT2D eigenvalue weighted by Gasteiger charge is -2.14. The molecule has 0 atom stereocenters. The molecule has 136 valence electrons. The SMILES string of the molecule is C#Cc1ccc(N=Nc2c(C)c(C#N)c(O)n(Nc3ccccc3)c2=O)cc1. The fraction of sp³-hybridized carbons (Fsp3) is 0.0476. The number of rotatable bonds is 4. The number of nitrogens with zero attached hydrogens (tertiary/aromatic N) is 4. The number of hydrogen-bond acceptors (Lipinski definition) is 6. The molecule has 3 rings (SSSR count). The molecule has 7 heteroatoms. The highest BCUT2D eigenvalue weighted by Crippen LogP contribution is 2.27. The summed E-state index contributed by atoms with van der Waals surface area (Å²) in [5, 5.41) is 27.8. The number of nitriles is 1. The molecule has 3 aromatic rings. The van der Waals surface area contributed by atoms with Crippen molar-refractivity contribution in [1.82, 2.24) is 4.68 Å². The van der Waals surface area contributed by atoms with Crippen molar-refractivity contribution in [3.05, 3.63) is 81.6 Å². The van der Waals surface area contributed by atoms with Gasteiger partial charge in [-0.1, -0.05) is 24.1 Å². The van der Waals surface area contributed by atoms with Crippen LogP contribution in [0, 0.1) is 30.6 Å². The second kappa shape index (κ2) is 7.90. The second-order valence-electron chi connectivity index (χ2n) is 5.79. The van der Waals surface area contributed by atoms with Gasteiger partial charge in [-0.25, -0.2) is 0 Å². The van der Waals surface area contributed by atoms with Gasteiger partial charge in [0.15, 0.2) is 5.69 Å². The van der Waals surface area contributed by atoms with E-state index in [4.69, 9.17) is 6.42 Å². The van der Waals surface area contributed by atoms with E-state index in [2.05, 4.69) is 21.6 Å². The largest absolute Gasteiger partial charge is 0.492 e. The summed E-state index contributed by atoms with van der Waals surface area (Å²) in [7, 11) is 0. The van der Waals surface area contributed by atoms with Gasteiger partial charge in [0, 0.05) is 11.1 Å². The predicted octanol–water partition coefficient (Wildman–Crippen LogP) is 4.01. The Kier molecular flexibility index (Phi) is 5.20. The number of pyridine rings is 1. The molecular weight excluding hydrogens is 354 g/mol. The molecular formula is C21H15N5O2. The number of azo groups is 1. The minimum absolute atomic E-state index is 0.0567. The van der Waals surface area contributed by atoms with E-state index in [1.165, 1.54) is 6.92 Å². The van der Waals surface area contributed by atoms with E-state index in [9.17, 15) is 15.2 Å². The second-order valence-corrected chi connectivity index (χ2v) is 5.79. The molecule has 0 unspecified atom stereocenters. The molecule has 28 heavy (non-hydrogen) atoms. The summed E-state index contributed by atoms with van der Waals surface area (Å²) in [4.78, 5) is 12.9. The Bertz CT molecular complexity index is 1180. The average molecular weight is 369 g/mol. The maximum atomic E-state index is 12.9. The van der Waals surface area contributed by atoms with Crippen LogP contribution in [0.3, 0.4) is 0 Å². The van der Waals surface area contributed by atoms with Crippen LogP contribution in [0.2, 0.25) is 0 Å². The lowest BCUT2D eigenvalue weighted by atomic mass is 10.1. The van der Waals surface area contributed by atoms with Gasteiger partial charge in [0.2, 0.25) is 5.88 Å². The first kappa shape index (κ1) is 18.4. The number of terminal acetylenes is 1. The Balaban J connectivity index is 2.08. The van der Waals surface area contributed by atoms with E-state index in [0.717, 1.165) is 4.68 Å². The van der Waals surface area contributed by atoms with Crippen molar-refractivity contribution in [2.45, 2.75) is 6.92 Å². The Hall–Kier alpha value is -4.36. The van der Waals surface area contributed by atoms with Crippen LogP contribution in [0.5, 0.6) is 5.88 Å². The highest BCUT2D eigenvalue weighted by molar-refractivity contribution is 5.58. The summed E-state index contributed by atoms with van der Waals surface area (Å²) in [6, 6.07) is 17.4. The molecule has 0 bridgehead atoms. The Morgan fingerprint density at radius 1 is 1.11 bits per heavy atom. The number of aromatic nitrogens is 1. The molecule has 1 heterocycles. The number of nitrogens with one attached hydrogen (secondary N) is 1. The summed E-state index contributed by atoms with van der Waals surface area (Å²) in [5.74, 6) is 2.01. The van der Waals surface area contributed by atoms with Gasteiger partial charge in [0.25, 0.3) is 5.56 Å². The number of anilines is 1. The first-order valence-corrected chi connectivity index (χ1v) is 8.24. The molecule has 0 amide bonds.